The second-order valence-corrected chi connectivity index (χ2v) is 13.5. The van der Waals surface area contributed by atoms with Gasteiger partial charge in [0, 0.05) is 42.0 Å². The first-order valence-electron chi connectivity index (χ1n) is 17.0. The summed E-state index contributed by atoms with van der Waals surface area (Å²) >= 11 is 5.58. The van der Waals surface area contributed by atoms with Gasteiger partial charge < -0.3 is 48.1 Å². The minimum Gasteiger partial charge on any atom is -0.497 e. The highest BCUT2D eigenvalue weighted by Crippen LogP contribution is 2.53. The number of nitrogens with zero attached hydrogens (tertiary/aromatic N) is 1. The van der Waals surface area contributed by atoms with Crippen molar-refractivity contribution < 1.29 is 42.7 Å². The van der Waals surface area contributed by atoms with E-state index in [1.54, 1.807) is 28.4 Å². The summed E-state index contributed by atoms with van der Waals surface area (Å²) in [6, 6.07) is 23.9. The summed E-state index contributed by atoms with van der Waals surface area (Å²) in [6.07, 6.45) is 0. The summed E-state index contributed by atoms with van der Waals surface area (Å²) < 4.78 is 44.2. The minimum atomic E-state index is -0.605. The normalized spacial score (nSPS) is 20.2. The van der Waals surface area contributed by atoms with Gasteiger partial charge in [0.1, 0.15) is 19.0 Å². The predicted octanol–water partition coefficient (Wildman–Crippen LogP) is 6.87. The van der Waals surface area contributed by atoms with E-state index in [0.717, 1.165) is 56.3 Å². The molecule has 9 rings (SSSR count). The zero-order valence-electron chi connectivity index (χ0n) is 30.2. The number of cyclic esters (lactones) is 1. The van der Waals surface area contributed by atoms with Crippen LogP contribution in [-0.2, 0) is 19.7 Å². The number of thiocarbonyl (C=S) groups is 1. The smallest absolute Gasteiger partial charge is 0.337 e. The summed E-state index contributed by atoms with van der Waals surface area (Å²) in [5, 5.41) is 3.86. The molecule has 0 spiro atoms. The molecule has 0 fully saturated rings. The van der Waals surface area contributed by atoms with Crippen LogP contribution >= 0.6 is 12.2 Å². The fourth-order valence-corrected chi connectivity index (χ4v) is 8.20. The molecule has 2 unspecified atom stereocenters. The van der Waals surface area contributed by atoms with Crippen LogP contribution in [0.1, 0.15) is 35.1 Å². The summed E-state index contributed by atoms with van der Waals surface area (Å²) in [7, 11) is 8.51. The average Bonchev–Trinajstić information content (AvgIpc) is 3.92. The third-order valence-electron chi connectivity index (χ3n) is 10.5. The van der Waals surface area contributed by atoms with Gasteiger partial charge in [-0.05, 0) is 65.7 Å². The zero-order chi connectivity index (χ0) is 37.0. The third kappa shape index (κ3) is 5.38. The van der Waals surface area contributed by atoms with Crippen LogP contribution in [0.4, 0.5) is 11.4 Å². The number of nitrogens with one attached hydrogen (secondary N) is 1. The van der Waals surface area contributed by atoms with Gasteiger partial charge in [-0.3, -0.25) is 0 Å². The molecule has 5 aliphatic rings. The molecule has 0 bridgehead atoms. The maximum absolute atomic E-state index is 12.5. The van der Waals surface area contributed by atoms with Crippen molar-refractivity contribution in [2.24, 2.45) is 0 Å². The molecule has 5 aliphatic heterocycles. The Morgan fingerprint density at radius 1 is 0.830 bits per heavy atom. The van der Waals surface area contributed by atoms with Crippen LogP contribution in [-0.4, -0.2) is 66.5 Å². The SMILES string of the molecule is CC1(c2ccccc2)C2=C(COC2=O)Nc2cc3c(cc21)OCO3.COc1ccc2c(c1)N(C)C1=C(C(=S)OC1)C2c1cc(OC)c(OC)c(OC)c1. The highest BCUT2D eigenvalue weighted by molar-refractivity contribution is 7.80. The molecule has 272 valence electrons. The van der Waals surface area contributed by atoms with Gasteiger partial charge in [-0.25, -0.2) is 4.79 Å². The summed E-state index contributed by atoms with van der Waals surface area (Å²) in [5.41, 5.74) is 9.01. The minimum absolute atomic E-state index is 0.120. The molecule has 0 saturated heterocycles. The van der Waals surface area contributed by atoms with Gasteiger partial charge in [0.2, 0.25) is 12.5 Å². The van der Waals surface area contributed by atoms with E-state index in [9.17, 15) is 4.79 Å². The summed E-state index contributed by atoms with van der Waals surface area (Å²) in [5.74, 6) is 3.58. The Balaban J connectivity index is 0.000000153. The predicted molar refractivity (Wildman–Crippen MR) is 202 cm³/mol. The number of hydrogen-bond acceptors (Lipinski definition) is 12. The molecule has 0 saturated carbocycles. The van der Waals surface area contributed by atoms with E-state index in [4.69, 9.17) is 50.1 Å². The fourth-order valence-electron chi connectivity index (χ4n) is 7.91. The van der Waals surface area contributed by atoms with Crippen LogP contribution in [0.15, 0.2) is 95.3 Å². The number of carbonyl (C=O) groups excluding carboxylic acids is 1. The molecular weight excluding hydrogens is 697 g/mol. The van der Waals surface area contributed by atoms with E-state index < -0.39 is 5.41 Å². The molecular formula is C41H38N2O9S. The van der Waals surface area contributed by atoms with Crippen molar-refractivity contribution in [1.29, 1.82) is 0 Å². The molecule has 4 aromatic carbocycles. The quantitative estimate of drug-likeness (QED) is 0.165. The first-order valence-corrected chi connectivity index (χ1v) is 17.4. The molecule has 5 heterocycles. The van der Waals surface area contributed by atoms with Gasteiger partial charge in [-0.15, -0.1) is 0 Å². The Morgan fingerprint density at radius 3 is 2.23 bits per heavy atom. The Kier molecular flexibility index (Phi) is 8.57. The van der Waals surface area contributed by atoms with Crippen molar-refractivity contribution in [2.75, 3.05) is 65.7 Å². The second kappa shape index (κ2) is 13.3. The summed E-state index contributed by atoms with van der Waals surface area (Å²) in [6.45, 7) is 2.99. The lowest BCUT2D eigenvalue weighted by atomic mass is 9.68. The summed E-state index contributed by atoms with van der Waals surface area (Å²) in [4.78, 5) is 14.6. The van der Waals surface area contributed by atoms with Crippen LogP contribution in [0.3, 0.4) is 0 Å². The second-order valence-electron chi connectivity index (χ2n) is 13.1. The number of hydrogen-bond donors (Lipinski definition) is 1. The number of likely N-dealkylation sites (N-methyl/N-ethyl adjacent to an activating group) is 1. The van der Waals surface area contributed by atoms with Gasteiger partial charge in [0.15, 0.2) is 28.0 Å². The molecule has 11 nitrogen and oxygen atoms in total. The highest BCUT2D eigenvalue weighted by Gasteiger charge is 2.48. The van der Waals surface area contributed by atoms with E-state index in [1.165, 1.54) is 0 Å². The lowest BCUT2D eigenvalue weighted by Crippen LogP contribution is -2.34. The zero-order valence-corrected chi connectivity index (χ0v) is 31.0. The number of carbonyl (C=O) groups is 1. The van der Waals surface area contributed by atoms with E-state index in [2.05, 4.69) is 23.2 Å². The number of ether oxygens (including phenoxy) is 8. The van der Waals surface area contributed by atoms with Crippen molar-refractivity contribution in [2.45, 2.75) is 18.3 Å². The fraction of sp³-hybridized carbons (Fsp3) is 0.268. The van der Waals surface area contributed by atoms with Crippen molar-refractivity contribution in [1.82, 2.24) is 0 Å². The van der Waals surface area contributed by atoms with Crippen molar-refractivity contribution in [3.05, 3.63) is 118 Å². The Labute approximate surface area is 312 Å². The van der Waals surface area contributed by atoms with Crippen LogP contribution < -0.4 is 38.6 Å². The first-order chi connectivity index (χ1) is 25.7. The molecule has 2 atom stereocenters. The van der Waals surface area contributed by atoms with Crippen LogP contribution in [0, 0.1) is 0 Å². The van der Waals surface area contributed by atoms with E-state index >= 15 is 0 Å². The monoisotopic (exact) mass is 734 g/mol. The molecule has 0 radical (unpaired) electrons. The molecule has 1 N–H and O–H groups in total. The van der Waals surface area contributed by atoms with Crippen molar-refractivity contribution in [3.8, 4) is 34.5 Å². The van der Waals surface area contributed by atoms with E-state index in [-0.39, 0.29) is 25.3 Å². The number of esters is 1. The molecule has 0 amide bonds. The number of benzene rings is 4. The van der Waals surface area contributed by atoms with Gasteiger partial charge >= 0.3 is 5.97 Å². The largest absolute Gasteiger partial charge is 0.497 e. The van der Waals surface area contributed by atoms with Crippen molar-refractivity contribution >= 4 is 34.6 Å². The van der Waals surface area contributed by atoms with Crippen LogP contribution in [0.5, 0.6) is 34.5 Å². The van der Waals surface area contributed by atoms with E-state index in [1.807, 2.05) is 73.8 Å². The Morgan fingerprint density at radius 2 is 1.55 bits per heavy atom. The van der Waals surface area contributed by atoms with Crippen LogP contribution in [0.25, 0.3) is 0 Å². The van der Waals surface area contributed by atoms with Gasteiger partial charge in [-0.1, -0.05) is 36.4 Å². The molecule has 0 aliphatic carbocycles. The Hall–Kier alpha value is -5.88. The van der Waals surface area contributed by atoms with Crippen molar-refractivity contribution in [3.63, 3.8) is 0 Å². The average molecular weight is 735 g/mol. The van der Waals surface area contributed by atoms with Gasteiger partial charge in [0.05, 0.1) is 50.8 Å². The standard InChI is InChI=1S/C22H23NO5S.C19H15NO4/c1-23-15-10-13(24-2)6-7-14(15)19(20-16(23)11-28-22(20)29)12-8-17(25-3)21(27-5)18(9-12)26-4;1-19(11-5-3-2-4-6-11)12-7-15-16(24-10-23-15)8-13(12)20-14-9-22-18(21)17(14)19/h6-10,19H,11H2,1-5H3;2-8,20H,9-10H2,1H3. The maximum atomic E-state index is 12.5. The topological polar surface area (TPSA) is 106 Å². The number of fused-ring (bicyclic) bond motifs is 3. The molecule has 12 heteroatoms. The number of rotatable bonds is 6. The molecule has 4 aromatic rings. The molecule has 53 heavy (non-hydrogen) atoms. The number of methoxy groups -OCH3 is 4. The number of anilines is 2. The lowest BCUT2D eigenvalue weighted by Gasteiger charge is -2.37. The Bertz CT molecular complexity index is 2210. The highest BCUT2D eigenvalue weighted by atomic mass is 32.1. The maximum Gasteiger partial charge on any atom is 0.337 e. The molecule has 0 aromatic heterocycles. The van der Waals surface area contributed by atoms with Crippen LogP contribution in [0.2, 0.25) is 0 Å². The lowest BCUT2D eigenvalue weighted by molar-refractivity contribution is -0.136. The third-order valence-corrected chi connectivity index (χ3v) is 10.9. The first kappa shape index (κ1) is 34.2. The van der Waals surface area contributed by atoms with E-state index in [0.29, 0.717) is 46.0 Å². The van der Waals surface area contributed by atoms with Gasteiger partial charge in [0.25, 0.3) is 0 Å². The van der Waals surface area contributed by atoms with Gasteiger partial charge in [-0.2, -0.15) is 0 Å².